The van der Waals surface area contributed by atoms with Gasteiger partial charge < -0.3 is 5.73 Å². The summed E-state index contributed by atoms with van der Waals surface area (Å²) in [6, 6.07) is 8.96. The van der Waals surface area contributed by atoms with Gasteiger partial charge in [0.05, 0.1) is 18.0 Å². The summed E-state index contributed by atoms with van der Waals surface area (Å²) in [5.41, 5.74) is 8.14. The standard InChI is InChI=1S/C11H10N4/c1-8-7-11(12)15(14-8)10-5-3-9(13-2)4-6-10/h3-7H,12H2,1H3. The second kappa shape index (κ2) is 3.46. The molecule has 4 heteroatoms. The number of hydrogen-bond donors (Lipinski definition) is 1. The van der Waals surface area contributed by atoms with Gasteiger partial charge in [-0.05, 0) is 19.1 Å². The van der Waals surface area contributed by atoms with Crippen molar-refractivity contribution in [1.82, 2.24) is 9.78 Å². The fourth-order valence-electron chi connectivity index (χ4n) is 1.39. The molecule has 0 aliphatic carbocycles. The van der Waals surface area contributed by atoms with E-state index in [-0.39, 0.29) is 0 Å². The van der Waals surface area contributed by atoms with Gasteiger partial charge in [0.25, 0.3) is 0 Å². The largest absolute Gasteiger partial charge is 0.384 e. The summed E-state index contributed by atoms with van der Waals surface area (Å²) >= 11 is 0. The number of rotatable bonds is 1. The van der Waals surface area contributed by atoms with Crippen LogP contribution in [-0.4, -0.2) is 9.78 Å². The number of nitrogens with zero attached hydrogens (tertiary/aromatic N) is 3. The van der Waals surface area contributed by atoms with E-state index < -0.39 is 0 Å². The lowest BCUT2D eigenvalue weighted by Gasteiger charge is -2.03. The molecule has 2 N–H and O–H groups in total. The topological polar surface area (TPSA) is 48.2 Å². The van der Waals surface area contributed by atoms with Gasteiger partial charge in [-0.3, -0.25) is 0 Å². The fourth-order valence-corrected chi connectivity index (χ4v) is 1.39. The van der Waals surface area contributed by atoms with Gasteiger partial charge in [0.2, 0.25) is 0 Å². The molecule has 0 aliphatic heterocycles. The summed E-state index contributed by atoms with van der Waals surface area (Å²) in [7, 11) is 0. The molecule has 0 bridgehead atoms. The van der Waals surface area contributed by atoms with Crippen molar-refractivity contribution in [3.63, 3.8) is 0 Å². The first-order valence-electron chi connectivity index (χ1n) is 4.51. The molecule has 0 spiro atoms. The monoisotopic (exact) mass is 198 g/mol. The van der Waals surface area contributed by atoms with Crippen LogP contribution in [0.3, 0.4) is 0 Å². The predicted molar refractivity (Wildman–Crippen MR) is 59.0 cm³/mol. The Morgan fingerprint density at radius 3 is 2.47 bits per heavy atom. The molecule has 0 saturated heterocycles. The molecule has 0 unspecified atom stereocenters. The molecule has 2 aromatic rings. The van der Waals surface area contributed by atoms with Crippen molar-refractivity contribution in [3.8, 4) is 5.69 Å². The van der Waals surface area contributed by atoms with Crippen molar-refractivity contribution in [2.75, 3.05) is 5.73 Å². The molecule has 0 aliphatic rings. The Labute approximate surface area is 87.8 Å². The molecule has 0 amide bonds. The summed E-state index contributed by atoms with van der Waals surface area (Å²) in [6.45, 7) is 8.73. The van der Waals surface area contributed by atoms with Gasteiger partial charge in [0.15, 0.2) is 5.69 Å². The van der Waals surface area contributed by atoms with Crippen molar-refractivity contribution in [2.24, 2.45) is 0 Å². The van der Waals surface area contributed by atoms with Crippen LogP contribution in [0.1, 0.15) is 5.69 Å². The van der Waals surface area contributed by atoms with Crippen LogP contribution in [0.25, 0.3) is 10.5 Å². The lowest BCUT2D eigenvalue weighted by atomic mass is 10.3. The average molecular weight is 198 g/mol. The van der Waals surface area contributed by atoms with Crippen LogP contribution >= 0.6 is 0 Å². The Kier molecular flexibility index (Phi) is 2.14. The van der Waals surface area contributed by atoms with Gasteiger partial charge in [-0.15, -0.1) is 0 Å². The molecule has 4 nitrogen and oxygen atoms in total. The Morgan fingerprint density at radius 2 is 2.00 bits per heavy atom. The van der Waals surface area contributed by atoms with Gasteiger partial charge in [-0.2, -0.15) is 5.10 Å². The lowest BCUT2D eigenvalue weighted by Crippen LogP contribution is -2.01. The second-order valence-electron chi connectivity index (χ2n) is 3.25. The number of benzene rings is 1. The third-order valence-electron chi connectivity index (χ3n) is 2.08. The SMILES string of the molecule is [C-]#[N+]c1ccc(-n2nc(C)cc2N)cc1. The predicted octanol–water partition coefficient (Wildman–Crippen LogP) is 2.31. The van der Waals surface area contributed by atoms with Crippen molar-refractivity contribution in [3.05, 3.63) is 47.4 Å². The van der Waals surface area contributed by atoms with Crippen molar-refractivity contribution in [1.29, 1.82) is 0 Å². The van der Waals surface area contributed by atoms with Crippen molar-refractivity contribution in [2.45, 2.75) is 6.92 Å². The highest BCUT2D eigenvalue weighted by Gasteiger charge is 2.03. The maximum atomic E-state index is 6.84. The van der Waals surface area contributed by atoms with Crippen LogP contribution in [0.2, 0.25) is 0 Å². The number of nitrogen functional groups attached to an aromatic ring is 1. The minimum absolute atomic E-state index is 0.600. The van der Waals surface area contributed by atoms with Gasteiger partial charge in [0.1, 0.15) is 5.82 Å². The molecule has 15 heavy (non-hydrogen) atoms. The lowest BCUT2D eigenvalue weighted by molar-refractivity contribution is 0.872. The number of hydrogen-bond acceptors (Lipinski definition) is 2. The van der Waals surface area contributed by atoms with Crippen LogP contribution in [-0.2, 0) is 0 Å². The number of anilines is 1. The van der Waals surface area contributed by atoms with E-state index in [9.17, 15) is 0 Å². The summed E-state index contributed by atoms with van der Waals surface area (Å²) in [4.78, 5) is 3.32. The minimum Gasteiger partial charge on any atom is -0.384 e. The van der Waals surface area contributed by atoms with E-state index in [4.69, 9.17) is 12.3 Å². The van der Waals surface area contributed by atoms with Crippen LogP contribution in [0.5, 0.6) is 0 Å². The quantitative estimate of drug-likeness (QED) is 0.715. The number of aryl methyl sites for hydroxylation is 1. The first-order valence-corrected chi connectivity index (χ1v) is 4.51. The molecule has 0 saturated carbocycles. The van der Waals surface area contributed by atoms with Gasteiger partial charge >= 0.3 is 0 Å². The minimum atomic E-state index is 0.600. The first-order chi connectivity index (χ1) is 7.20. The highest BCUT2D eigenvalue weighted by Crippen LogP contribution is 2.18. The van der Waals surface area contributed by atoms with E-state index in [0.717, 1.165) is 11.4 Å². The maximum Gasteiger partial charge on any atom is 0.187 e. The van der Waals surface area contributed by atoms with E-state index in [1.54, 1.807) is 16.8 Å². The normalized spacial score (nSPS) is 9.87. The molecule has 1 aromatic heterocycles. The zero-order valence-electron chi connectivity index (χ0n) is 8.31. The van der Waals surface area contributed by atoms with Crippen molar-refractivity contribution < 1.29 is 0 Å². The molecular weight excluding hydrogens is 188 g/mol. The third kappa shape index (κ3) is 1.67. The Bertz CT molecular complexity index is 517. The van der Waals surface area contributed by atoms with Gasteiger partial charge in [0, 0.05) is 6.07 Å². The zero-order valence-corrected chi connectivity index (χ0v) is 8.31. The second-order valence-corrected chi connectivity index (χ2v) is 3.25. The molecule has 1 heterocycles. The van der Waals surface area contributed by atoms with Crippen LogP contribution in [0.15, 0.2) is 30.3 Å². The zero-order chi connectivity index (χ0) is 10.8. The number of nitrogens with two attached hydrogens (primary N) is 1. The molecule has 0 atom stereocenters. The first kappa shape index (κ1) is 9.28. The van der Waals surface area contributed by atoms with E-state index in [1.165, 1.54) is 0 Å². The highest BCUT2D eigenvalue weighted by molar-refractivity contribution is 5.51. The van der Waals surface area contributed by atoms with Crippen LogP contribution < -0.4 is 5.73 Å². The smallest absolute Gasteiger partial charge is 0.187 e. The molecule has 1 aromatic carbocycles. The Hall–Kier alpha value is -2.28. The molecule has 74 valence electrons. The summed E-state index contributed by atoms with van der Waals surface area (Å²) in [5, 5.41) is 4.25. The third-order valence-corrected chi connectivity index (χ3v) is 2.08. The number of aromatic nitrogens is 2. The van der Waals surface area contributed by atoms with E-state index in [0.29, 0.717) is 11.5 Å². The summed E-state index contributed by atoms with van der Waals surface area (Å²) < 4.78 is 1.66. The summed E-state index contributed by atoms with van der Waals surface area (Å²) in [6.07, 6.45) is 0. The Balaban J connectivity index is 2.46. The Morgan fingerprint density at radius 1 is 1.33 bits per heavy atom. The molecule has 0 fully saturated rings. The van der Waals surface area contributed by atoms with Crippen LogP contribution in [0, 0.1) is 13.5 Å². The van der Waals surface area contributed by atoms with E-state index >= 15 is 0 Å². The molecule has 2 rings (SSSR count). The summed E-state index contributed by atoms with van der Waals surface area (Å²) in [5.74, 6) is 0.600. The fraction of sp³-hybridized carbons (Fsp3) is 0.0909. The molecule has 0 radical (unpaired) electrons. The van der Waals surface area contributed by atoms with Crippen molar-refractivity contribution >= 4 is 11.5 Å². The van der Waals surface area contributed by atoms with Crippen LogP contribution in [0.4, 0.5) is 11.5 Å². The maximum absolute atomic E-state index is 6.84. The van der Waals surface area contributed by atoms with E-state index in [1.807, 2.05) is 25.1 Å². The van der Waals surface area contributed by atoms with Gasteiger partial charge in [-0.25, -0.2) is 9.53 Å². The van der Waals surface area contributed by atoms with Gasteiger partial charge in [-0.1, -0.05) is 12.1 Å². The average Bonchev–Trinajstić information content (AvgIpc) is 2.58. The molecular formula is C11H10N4. The highest BCUT2D eigenvalue weighted by atomic mass is 15.3. The van der Waals surface area contributed by atoms with E-state index in [2.05, 4.69) is 9.94 Å².